The predicted molar refractivity (Wildman–Crippen MR) is 596 cm³/mol. The molecule has 6 aromatic rings. The van der Waals surface area contributed by atoms with Gasteiger partial charge in [-0.15, -0.1) is 0 Å². The normalized spacial score (nSPS) is 15.0. The minimum atomic E-state index is -0.917. The van der Waals surface area contributed by atoms with Crippen molar-refractivity contribution in [3.05, 3.63) is 245 Å². The predicted octanol–water partition coefficient (Wildman–Crippen LogP) is 27.1. The van der Waals surface area contributed by atoms with E-state index in [1.165, 1.54) is 143 Å². The fraction of sp³-hybridized carbons (Fsp3) is 0.548. The lowest BCUT2D eigenvalue weighted by molar-refractivity contribution is -0.503. The highest BCUT2D eigenvalue weighted by Crippen LogP contribution is 2.51. The molecule has 786 valence electrons. The molecule has 0 heterocycles. The standard InChI is InChI=1S/C43H56O6.C40H52N2O4.C37H48N4O2.6CH4/c1-22-24(3)38-34(20-36(46)28(7)40(38)42(11,12)48-30(9)44)26(5)32(22)18-16-15-17-19-33-23(2)25(4)39-35(27(33)6)21-37(47)29(8)41(39)43(13,14)49-31(10)45;1-20-22(3)37-32(18-34(44)26(7)36(37)28(9)42-41)24(5)30(20)16-14-13-15-17-31-21(2)23(4)38-33(25(31)6)19-35(45)27(8)39(38)40(11,12)46-29(10)43;1-18-20(3)36-30(16-32(42)24(7)34(36)26(9)40-38)22(5)28(18)14-12-11-13-15-29-19(2)21(4)37-31(23(29)6)17-33(43)25(8)35(37)27(10)41-39;;;;;;/h15-21H2,1-14H3;28,41H,13-19H2,1-12H3;26-27,40-41H,11-17H2,1-10H3;6*1H4. The Kier molecular flexibility index (Phi) is 43.0. The number of nitrogens with one attached hydrogen (secondary N) is 3. The Hall–Kier alpha value is -11.0. The van der Waals surface area contributed by atoms with Gasteiger partial charge >= 0.3 is 17.9 Å². The topological polar surface area (TPSA) is 290 Å². The number of hydrogen-bond acceptors (Lipinski definition) is 14. The number of ether oxygens (including phenoxy) is 3. The number of carbonyl (C=O) groups excluding carboxylic acids is 9. The van der Waals surface area contributed by atoms with Crippen LogP contribution in [0.5, 0.6) is 0 Å². The lowest BCUT2D eigenvalue weighted by Gasteiger charge is -2.36. The van der Waals surface area contributed by atoms with Gasteiger partial charge in [0.05, 0.1) is 6.04 Å². The summed E-state index contributed by atoms with van der Waals surface area (Å²) in [7, 11) is 0. The molecule has 0 saturated carbocycles. The van der Waals surface area contributed by atoms with Crippen LogP contribution in [0.2, 0.25) is 0 Å². The molecule has 3 atom stereocenters. The fourth-order valence-corrected chi connectivity index (χ4v) is 24.8. The van der Waals surface area contributed by atoms with Crippen molar-refractivity contribution in [1.29, 1.82) is 5.53 Å². The maximum absolute atomic E-state index is 13.3. The quantitative estimate of drug-likeness (QED) is 0.0164. The van der Waals surface area contributed by atoms with Crippen LogP contribution in [0.1, 0.15) is 427 Å². The maximum atomic E-state index is 13.3. The van der Waals surface area contributed by atoms with E-state index >= 15 is 0 Å². The van der Waals surface area contributed by atoms with E-state index in [0.717, 1.165) is 224 Å². The van der Waals surface area contributed by atoms with Crippen LogP contribution in [0.25, 0.3) is 44.5 Å². The van der Waals surface area contributed by atoms with Crippen molar-refractivity contribution in [2.45, 2.75) is 464 Å². The van der Waals surface area contributed by atoms with Gasteiger partial charge in [-0.1, -0.05) is 63.8 Å². The van der Waals surface area contributed by atoms with Gasteiger partial charge in [-0.3, -0.25) is 43.2 Å². The van der Waals surface area contributed by atoms with E-state index in [-0.39, 0.29) is 115 Å². The summed E-state index contributed by atoms with van der Waals surface area (Å²) in [6, 6.07) is -0.967. The third-order valence-corrected chi connectivity index (χ3v) is 32.9. The van der Waals surface area contributed by atoms with Crippen molar-refractivity contribution < 1.29 is 67.6 Å². The van der Waals surface area contributed by atoms with Crippen LogP contribution in [0, 0.1) is 130 Å². The van der Waals surface area contributed by atoms with Crippen LogP contribution in [-0.4, -0.2) is 87.5 Å². The van der Waals surface area contributed by atoms with Crippen molar-refractivity contribution >= 4 is 86.0 Å². The minimum absolute atomic E-state index is 0. The van der Waals surface area contributed by atoms with E-state index in [2.05, 4.69) is 140 Å². The van der Waals surface area contributed by atoms with E-state index in [1.807, 2.05) is 104 Å². The summed E-state index contributed by atoms with van der Waals surface area (Å²) in [5, 5.41) is 8.53. The molecular formula is C126H180N6O12. The summed E-state index contributed by atoms with van der Waals surface area (Å²) >= 11 is 0. The van der Waals surface area contributed by atoms with Gasteiger partial charge in [0, 0.05) is 129 Å². The minimum Gasteiger partial charge on any atom is -0.508 e. The highest BCUT2D eigenvalue weighted by Gasteiger charge is 2.44. The molecule has 0 radical (unpaired) electrons. The third-order valence-electron chi connectivity index (χ3n) is 32.9. The van der Waals surface area contributed by atoms with Crippen molar-refractivity contribution in [3.63, 3.8) is 0 Å². The van der Waals surface area contributed by atoms with Crippen molar-refractivity contribution in [2.24, 2.45) is 5.11 Å². The average molecular weight is 1970 g/mol. The van der Waals surface area contributed by atoms with Crippen LogP contribution < -0.4 is 10.2 Å². The molecule has 0 amide bonds. The molecule has 3 unspecified atom stereocenters. The zero-order valence-corrected chi connectivity index (χ0v) is 90.3. The highest BCUT2D eigenvalue weighted by molar-refractivity contribution is 6.13. The van der Waals surface area contributed by atoms with Gasteiger partial charge in [-0.2, -0.15) is 5.11 Å². The van der Waals surface area contributed by atoms with Gasteiger partial charge in [0.25, 0.3) is 0 Å². The van der Waals surface area contributed by atoms with Crippen LogP contribution in [0.4, 0.5) is 0 Å². The first kappa shape index (κ1) is 125. The van der Waals surface area contributed by atoms with Gasteiger partial charge in [0.1, 0.15) is 16.8 Å². The molecule has 0 saturated heterocycles. The molecule has 18 nitrogen and oxygen atoms in total. The zero-order valence-electron chi connectivity index (χ0n) is 90.3. The number of esters is 3. The summed E-state index contributed by atoms with van der Waals surface area (Å²) < 4.78 is 17.3. The van der Waals surface area contributed by atoms with Gasteiger partial charge in [-0.25, -0.2) is 5.53 Å². The number of hydrogen-bond donors (Lipinski definition) is 3. The van der Waals surface area contributed by atoms with Gasteiger partial charge < -0.3 is 35.5 Å². The smallest absolute Gasteiger partial charge is 0.303 e. The van der Waals surface area contributed by atoms with E-state index in [4.69, 9.17) is 19.7 Å². The summed E-state index contributed by atoms with van der Waals surface area (Å²) in [5.41, 5.74) is 76.8. The Morgan fingerprint density at radius 1 is 0.278 bits per heavy atom. The molecule has 144 heavy (non-hydrogen) atoms. The number of carbonyl (C=O) groups is 9. The molecule has 12 rings (SSSR count). The van der Waals surface area contributed by atoms with Crippen molar-refractivity contribution in [1.82, 2.24) is 0 Å². The number of fused-ring (bicyclic) bond motifs is 6. The second kappa shape index (κ2) is 49.5. The molecule has 0 fully saturated rings. The number of unbranched alkanes of at least 4 members (excludes halogenated alkanes) is 6. The Morgan fingerprint density at radius 2 is 0.444 bits per heavy atom. The summed E-state index contributed by atoms with van der Waals surface area (Å²) in [5.74, 6) is -0.424. The van der Waals surface area contributed by atoms with Crippen molar-refractivity contribution in [3.8, 4) is 0 Å². The second-order valence-electron chi connectivity index (χ2n) is 42.5. The Bertz CT molecular complexity index is 6160. The molecule has 6 aliphatic carbocycles. The Balaban J connectivity index is 0.000000442. The molecule has 0 bridgehead atoms. The van der Waals surface area contributed by atoms with Crippen molar-refractivity contribution in [2.75, 3.05) is 0 Å². The summed E-state index contributed by atoms with van der Waals surface area (Å²) in [4.78, 5) is 115. The Labute approximate surface area is 867 Å². The molecular weight excluding hydrogens is 1790 g/mol. The molecule has 3 N–H and O–H groups in total. The number of allylic oxidation sites excluding steroid dienone is 6. The third kappa shape index (κ3) is 24.0. The number of ketones is 6. The number of benzene rings is 6. The first-order valence-electron chi connectivity index (χ1n) is 50.3. The maximum Gasteiger partial charge on any atom is 0.303 e. The van der Waals surface area contributed by atoms with Gasteiger partial charge in [0.2, 0.25) is 0 Å². The van der Waals surface area contributed by atoms with Crippen LogP contribution in [-0.2, 0) is 134 Å². The molecule has 18 heteroatoms. The first-order valence-corrected chi connectivity index (χ1v) is 50.3. The van der Waals surface area contributed by atoms with E-state index in [0.29, 0.717) is 55.2 Å². The van der Waals surface area contributed by atoms with Gasteiger partial charge in [0.15, 0.2) is 46.8 Å². The molecule has 6 aliphatic rings. The largest absolute Gasteiger partial charge is 0.508 e. The molecule has 0 spiro atoms. The molecule has 6 aromatic carbocycles. The lowest BCUT2D eigenvalue weighted by Crippen LogP contribution is -2.70. The van der Waals surface area contributed by atoms with Crippen LogP contribution in [0.3, 0.4) is 0 Å². The number of nitrogens with zero attached hydrogens (tertiary/aromatic N) is 3. The second-order valence-corrected chi connectivity index (χ2v) is 42.5. The number of rotatable bonds is 30. The zero-order chi connectivity index (χ0) is 103. The van der Waals surface area contributed by atoms with E-state index in [9.17, 15) is 54.2 Å². The molecule has 0 aromatic heterocycles. The SMILES string of the molecule is C.C.C.C.C.C.CC(=O)OC(C)(C)C1=C(C)C(=O)Cc2c(C)c(CCCCCc3c(C)c(C)c4c(c3C)CC(=O)C(C)=C4C(C)(C)OC(C)=O)c(C)c(C)c21.CC(=O)OC(C)(C)C1=C(C)C(=O)Cc2c(C)c(CCCCCc3c(C)c(C)c4c(c3C)CC(=O)C(C)=C4C(C)N=N)c(C)c(C)c21.CC1=C(C(C)[NH+]=[N-])c2c(C)c(C)c(CCCCCc3c(C)c(C)c4c(c3C)CC(=O)C(C)=C4C(C)[NH+]=[N-])c(C)c2CC1=O. The monoisotopic (exact) mass is 1970 g/mol. The fourth-order valence-electron chi connectivity index (χ4n) is 24.8. The molecule has 0 aliphatic heterocycles. The van der Waals surface area contributed by atoms with E-state index in [1.54, 1.807) is 0 Å². The summed E-state index contributed by atoms with van der Waals surface area (Å²) in [6.45, 7) is 71.3. The van der Waals surface area contributed by atoms with Gasteiger partial charge in [-0.05, 0) is 503 Å². The summed E-state index contributed by atoms with van der Waals surface area (Å²) in [6.07, 6.45) is 17.6. The Morgan fingerprint density at radius 3 is 0.625 bits per heavy atom. The highest BCUT2D eigenvalue weighted by atomic mass is 16.6. The van der Waals surface area contributed by atoms with Crippen LogP contribution in [0.15, 0.2) is 38.6 Å². The number of Topliss-reactive ketones (excluding diaryl/α,β-unsaturated/α-hetero) is 6. The lowest BCUT2D eigenvalue weighted by atomic mass is 9.72. The van der Waals surface area contributed by atoms with E-state index < -0.39 is 16.8 Å². The van der Waals surface area contributed by atoms with Crippen LogP contribution >= 0.6 is 0 Å². The first-order chi connectivity index (χ1) is 64.4. The average Bonchev–Trinajstić information content (AvgIpc) is 0.714.